The van der Waals surface area contributed by atoms with Crippen molar-refractivity contribution in [2.45, 2.75) is 32.6 Å². The van der Waals surface area contributed by atoms with Crippen molar-refractivity contribution < 1.29 is 4.79 Å². The van der Waals surface area contributed by atoms with Crippen LogP contribution in [-0.2, 0) is 4.79 Å². The fourth-order valence-electron chi connectivity index (χ4n) is 4.14. The lowest BCUT2D eigenvalue weighted by atomic mass is 9.99. The summed E-state index contributed by atoms with van der Waals surface area (Å²) >= 11 is 0. The van der Waals surface area contributed by atoms with Crippen LogP contribution in [0.5, 0.6) is 0 Å². The van der Waals surface area contributed by atoms with Gasteiger partial charge in [0.25, 0.3) is 0 Å². The molecule has 1 aliphatic rings. The highest BCUT2D eigenvalue weighted by molar-refractivity contribution is 5.92. The summed E-state index contributed by atoms with van der Waals surface area (Å²) < 4.78 is 1.88. The van der Waals surface area contributed by atoms with Gasteiger partial charge in [-0.1, -0.05) is 48.5 Å². The van der Waals surface area contributed by atoms with E-state index >= 15 is 0 Å². The molecule has 0 saturated carbocycles. The SMILES string of the molecule is Cc1nn(-c2ccccc2)c(C)c1NC(=O)CCN1CCC(c2ccccc2)C1. The standard InChI is InChI=1S/C24H28N4O/c1-18-24(19(2)28(26-18)22-11-7-4-8-12-22)25-23(29)14-16-27-15-13-21(17-27)20-9-5-3-6-10-20/h3-12,21H,13-17H2,1-2H3,(H,25,29). The molecule has 2 aromatic carbocycles. The van der Waals surface area contributed by atoms with E-state index in [1.165, 1.54) is 5.56 Å². The number of amides is 1. The van der Waals surface area contributed by atoms with Gasteiger partial charge in [-0.3, -0.25) is 4.79 Å². The average Bonchev–Trinajstić information content (AvgIpc) is 3.34. The van der Waals surface area contributed by atoms with Gasteiger partial charge in [0.05, 0.1) is 22.8 Å². The van der Waals surface area contributed by atoms with E-state index in [1.54, 1.807) is 0 Å². The molecule has 0 spiro atoms. The number of nitrogens with one attached hydrogen (secondary N) is 1. The smallest absolute Gasteiger partial charge is 0.225 e. The second-order valence-corrected chi connectivity index (χ2v) is 7.79. The van der Waals surface area contributed by atoms with Crippen molar-refractivity contribution in [1.29, 1.82) is 0 Å². The highest BCUT2D eigenvalue weighted by atomic mass is 16.1. The summed E-state index contributed by atoms with van der Waals surface area (Å²) in [5.74, 6) is 0.625. The van der Waals surface area contributed by atoms with E-state index in [-0.39, 0.29) is 5.91 Å². The first-order chi connectivity index (χ1) is 14.1. The molecule has 1 fully saturated rings. The molecular weight excluding hydrogens is 360 g/mol. The second-order valence-electron chi connectivity index (χ2n) is 7.79. The number of carbonyl (C=O) groups is 1. The van der Waals surface area contributed by atoms with Gasteiger partial charge in [0.15, 0.2) is 0 Å². The van der Waals surface area contributed by atoms with Gasteiger partial charge in [-0.15, -0.1) is 0 Å². The first-order valence-electron chi connectivity index (χ1n) is 10.3. The lowest BCUT2D eigenvalue weighted by Gasteiger charge is -2.16. The molecule has 29 heavy (non-hydrogen) atoms. The molecule has 5 heteroatoms. The van der Waals surface area contributed by atoms with Crippen LogP contribution in [0.3, 0.4) is 0 Å². The molecule has 0 bridgehead atoms. The van der Waals surface area contributed by atoms with Crippen molar-refractivity contribution in [3.05, 3.63) is 77.6 Å². The molecular formula is C24H28N4O. The molecule has 1 amide bonds. The first-order valence-corrected chi connectivity index (χ1v) is 10.3. The summed E-state index contributed by atoms with van der Waals surface area (Å²) in [6.45, 7) is 6.80. The van der Waals surface area contributed by atoms with Crippen LogP contribution in [0.1, 0.15) is 35.7 Å². The zero-order valence-electron chi connectivity index (χ0n) is 17.1. The van der Waals surface area contributed by atoms with E-state index in [9.17, 15) is 4.79 Å². The summed E-state index contributed by atoms with van der Waals surface area (Å²) in [6.07, 6.45) is 1.66. The second kappa shape index (κ2) is 8.62. The third-order valence-corrected chi connectivity index (χ3v) is 5.75. The Morgan fingerprint density at radius 1 is 1.07 bits per heavy atom. The van der Waals surface area contributed by atoms with E-state index in [0.29, 0.717) is 12.3 Å². The number of rotatable bonds is 6. The Morgan fingerprint density at radius 3 is 2.48 bits per heavy atom. The predicted octanol–water partition coefficient (Wildman–Crippen LogP) is 4.31. The molecule has 5 nitrogen and oxygen atoms in total. The maximum Gasteiger partial charge on any atom is 0.225 e. The van der Waals surface area contributed by atoms with Crippen LogP contribution in [-0.4, -0.2) is 40.2 Å². The van der Waals surface area contributed by atoms with Gasteiger partial charge in [0.2, 0.25) is 5.91 Å². The Bertz CT molecular complexity index is 965. The van der Waals surface area contributed by atoms with E-state index in [4.69, 9.17) is 0 Å². The number of benzene rings is 2. The minimum atomic E-state index is 0.0481. The van der Waals surface area contributed by atoms with Crippen LogP contribution < -0.4 is 5.32 Å². The molecule has 0 radical (unpaired) electrons. The van der Waals surface area contributed by atoms with Crippen LogP contribution in [0.25, 0.3) is 5.69 Å². The van der Waals surface area contributed by atoms with Crippen molar-refractivity contribution >= 4 is 11.6 Å². The third-order valence-electron chi connectivity index (χ3n) is 5.75. The molecule has 3 aromatic rings. The Kier molecular flexibility index (Phi) is 5.76. The summed E-state index contributed by atoms with van der Waals surface area (Å²) in [5.41, 5.74) is 5.01. The number of aromatic nitrogens is 2. The van der Waals surface area contributed by atoms with Crippen LogP contribution in [0.15, 0.2) is 60.7 Å². The largest absolute Gasteiger partial charge is 0.323 e. The molecule has 4 rings (SSSR count). The number of nitrogens with zero attached hydrogens (tertiary/aromatic N) is 3. The zero-order valence-corrected chi connectivity index (χ0v) is 17.1. The van der Waals surface area contributed by atoms with Gasteiger partial charge in [0, 0.05) is 19.5 Å². The molecule has 1 aromatic heterocycles. The van der Waals surface area contributed by atoms with Gasteiger partial charge in [-0.2, -0.15) is 5.10 Å². The first kappa shape index (κ1) is 19.4. The monoisotopic (exact) mass is 388 g/mol. The topological polar surface area (TPSA) is 50.2 Å². The molecule has 1 unspecified atom stereocenters. The molecule has 2 heterocycles. The normalized spacial score (nSPS) is 16.8. The molecule has 150 valence electrons. The number of anilines is 1. The number of hydrogen-bond donors (Lipinski definition) is 1. The summed E-state index contributed by atoms with van der Waals surface area (Å²) in [7, 11) is 0. The zero-order chi connectivity index (χ0) is 20.2. The van der Waals surface area contributed by atoms with Gasteiger partial charge >= 0.3 is 0 Å². The van der Waals surface area contributed by atoms with Crippen LogP contribution in [0, 0.1) is 13.8 Å². The molecule has 1 atom stereocenters. The van der Waals surface area contributed by atoms with E-state index < -0.39 is 0 Å². The molecule has 0 aliphatic carbocycles. The maximum atomic E-state index is 12.6. The predicted molar refractivity (Wildman–Crippen MR) is 117 cm³/mol. The third kappa shape index (κ3) is 4.40. The minimum absolute atomic E-state index is 0.0481. The summed E-state index contributed by atoms with van der Waals surface area (Å²) in [4.78, 5) is 15.0. The average molecular weight is 389 g/mol. The van der Waals surface area contributed by atoms with Gasteiger partial charge in [-0.25, -0.2) is 4.68 Å². The molecule has 1 N–H and O–H groups in total. The van der Waals surface area contributed by atoms with Crippen molar-refractivity contribution in [2.24, 2.45) is 0 Å². The Balaban J connectivity index is 1.33. The van der Waals surface area contributed by atoms with Gasteiger partial charge in [0.1, 0.15) is 0 Å². The molecule has 1 saturated heterocycles. The van der Waals surface area contributed by atoms with Crippen LogP contribution in [0.2, 0.25) is 0 Å². The van der Waals surface area contributed by atoms with E-state index in [0.717, 1.165) is 48.8 Å². The highest BCUT2D eigenvalue weighted by Gasteiger charge is 2.24. The number of para-hydroxylation sites is 1. The quantitative estimate of drug-likeness (QED) is 0.685. The molecule has 1 aliphatic heterocycles. The lowest BCUT2D eigenvalue weighted by molar-refractivity contribution is -0.116. The highest BCUT2D eigenvalue weighted by Crippen LogP contribution is 2.27. The van der Waals surface area contributed by atoms with Gasteiger partial charge in [-0.05, 0) is 50.4 Å². The van der Waals surface area contributed by atoms with E-state index in [2.05, 4.69) is 45.6 Å². The fourth-order valence-corrected chi connectivity index (χ4v) is 4.14. The van der Waals surface area contributed by atoms with Crippen molar-refractivity contribution in [3.8, 4) is 5.69 Å². The number of aryl methyl sites for hydroxylation is 1. The van der Waals surface area contributed by atoms with Crippen molar-refractivity contribution in [1.82, 2.24) is 14.7 Å². The number of hydrogen-bond acceptors (Lipinski definition) is 3. The fraction of sp³-hybridized carbons (Fsp3) is 0.333. The lowest BCUT2D eigenvalue weighted by Crippen LogP contribution is -2.26. The Labute approximate surface area is 172 Å². The Morgan fingerprint density at radius 2 is 1.76 bits per heavy atom. The van der Waals surface area contributed by atoms with Crippen LogP contribution >= 0.6 is 0 Å². The maximum absolute atomic E-state index is 12.6. The number of carbonyl (C=O) groups excluding carboxylic acids is 1. The van der Waals surface area contributed by atoms with E-state index in [1.807, 2.05) is 48.9 Å². The van der Waals surface area contributed by atoms with Crippen molar-refractivity contribution in [3.63, 3.8) is 0 Å². The summed E-state index contributed by atoms with van der Waals surface area (Å²) in [5, 5.41) is 7.69. The van der Waals surface area contributed by atoms with Crippen molar-refractivity contribution in [2.75, 3.05) is 25.0 Å². The summed E-state index contributed by atoms with van der Waals surface area (Å²) in [6, 6.07) is 20.7. The number of likely N-dealkylation sites (tertiary alicyclic amines) is 1. The minimum Gasteiger partial charge on any atom is -0.323 e. The van der Waals surface area contributed by atoms with Crippen LogP contribution in [0.4, 0.5) is 5.69 Å². The Hall–Kier alpha value is -2.92. The van der Waals surface area contributed by atoms with Gasteiger partial charge < -0.3 is 10.2 Å².